The van der Waals surface area contributed by atoms with Crippen molar-refractivity contribution in [3.63, 3.8) is 0 Å². The molecule has 0 aliphatic heterocycles. The molecule has 2 rings (SSSR count). The molecule has 1 unspecified atom stereocenters. The Morgan fingerprint density at radius 2 is 1.53 bits per heavy atom. The van der Waals surface area contributed by atoms with E-state index in [0.717, 1.165) is 0 Å². The van der Waals surface area contributed by atoms with Crippen LogP contribution >= 0.6 is 0 Å². The Morgan fingerprint density at radius 3 is 2.14 bits per heavy atom. The van der Waals surface area contributed by atoms with Crippen molar-refractivity contribution in [1.82, 2.24) is 10.6 Å². The maximum absolute atomic E-state index is 12.8. The first kappa shape index (κ1) is 28.5. The molecule has 0 aromatic heterocycles. The summed E-state index contributed by atoms with van der Waals surface area (Å²) in [5.41, 5.74) is 0.690. The van der Waals surface area contributed by atoms with E-state index in [1.165, 1.54) is 0 Å². The van der Waals surface area contributed by atoms with Crippen molar-refractivity contribution in [1.29, 1.82) is 0 Å². The van der Waals surface area contributed by atoms with Crippen molar-refractivity contribution in [2.45, 2.75) is 31.4 Å². The molecule has 2 aromatic carbocycles. The largest absolute Gasteiger partial charge is 0.492 e. The van der Waals surface area contributed by atoms with Crippen LogP contribution in [0.2, 0.25) is 0 Å². The number of aliphatic carboxylic acids is 1. The van der Waals surface area contributed by atoms with Gasteiger partial charge in [-0.25, -0.2) is 9.78 Å². The highest BCUT2D eigenvalue weighted by atomic mass is 17.1. The monoisotopic (exact) mass is 506 g/mol. The SMILES string of the molecule is O=C(O)CCC(=O)NC(Cc1ccc(OC(COO)COO)cc1)C(=O)NCCOc1ccccc1. The Balaban J connectivity index is 1.97. The molecule has 0 radical (unpaired) electrons. The van der Waals surface area contributed by atoms with Crippen LogP contribution in [0.25, 0.3) is 0 Å². The topological polar surface area (TPSA) is 173 Å². The van der Waals surface area contributed by atoms with Gasteiger partial charge in [0.2, 0.25) is 11.8 Å². The first-order chi connectivity index (χ1) is 17.4. The number of hydrogen-bond donors (Lipinski definition) is 5. The third-order valence-corrected chi connectivity index (χ3v) is 4.82. The van der Waals surface area contributed by atoms with E-state index in [0.29, 0.717) is 17.1 Å². The maximum atomic E-state index is 12.8. The fourth-order valence-corrected chi connectivity index (χ4v) is 3.09. The predicted molar refractivity (Wildman–Crippen MR) is 125 cm³/mol. The fraction of sp³-hybridized carbons (Fsp3) is 0.375. The minimum absolute atomic E-state index is 0.132. The summed E-state index contributed by atoms with van der Waals surface area (Å²) in [6.07, 6.45) is -1.25. The van der Waals surface area contributed by atoms with Crippen molar-refractivity contribution in [2.75, 3.05) is 26.4 Å². The van der Waals surface area contributed by atoms with E-state index >= 15 is 0 Å². The van der Waals surface area contributed by atoms with Gasteiger partial charge < -0.3 is 25.2 Å². The molecule has 0 heterocycles. The van der Waals surface area contributed by atoms with E-state index in [-0.39, 0.29) is 45.6 Å². The van der Waals surface area contributed by atoms with Crippen LogP contribution in [0, 0.1) is 0 Å². The number of carboxylic acid groups (broad SMARTS) is 1. The molecule has 196 valence electrons. The smallest absolute Gasteiger partial charge is 0.303 e. The van der Waals surface area contributed by atoms with Crippen molar-refractivity contribution < 1.29 is 49.3 Å². The summed E-state index contributed by atoms with van der Waals surface area (Å²) < 4.78 is 11.1. The summed E-state index contributed by atoms with van der Waals surface area (Å²) in [6, 6.07) is 14.7. The molecule has 2 amide bonds. The number of rotatable bonds is 17. The van der Waals surface area contributed by atoms with Crippen LogP contribution in [0.15, 0.2) is 54.6 Å². The zero-order valence-corrected chi connectivity index (χ0v) is 19.5. The van der Waals surface area contributed by atoms with Crippen molar-refractivity contribution in [3.8, 4) is 11.5 Å². The molecule has 0 saturated carbocycles. The van der Waals surface area contributed by atoms with E-state index < -0.39 is 29.9 Å². The molecule has 0 spiro atoms. The summed E-state index contributed by atoms with van der Waals surface area (Å²) in [7, 11) is 0. The van der Waals surface area contributed by atoms with Gasteiger partial charge in [-0.15, -0.1) is 0 Å². The van der Waals surface area contributed by atoms with E-state index in [1.54, 1.807) is 36.4 Å². The van der Waals surface area contributed by atoms with Gasteiger partial charge in [-0.2, -0.15) is 0 Å². The first-order valence-electron chi connectivity index (χ1n) is 11.2. The molecule has 0 aliphatic rings. The third-order valence-electron chi connectivity index (χ3n) is 4.82. The Kier molecular flexibility index (Phi) is 12.7. The van der Waals surface area contributed by atoms with E-state index in [2.05, 4.69) is 20.4 Å². The molecule has 0 bridgehead atoms. The highest BCUT2D eigenvalue weighted by Gasteiger charge is 2.22. The van der Waals surface area contributed by atoms with Crippen molar-refractivity contribution in [2.24, 2.45) is 0 Å². The summed E-state index contributed by atoms with van der Waals surface area (Å²) in [5, 5.41) is 31.3. The second kappa shape index (κ2) is 16.1. The molecule has 36 heavy (non-hydrogen) atoms. The molecule has 12 nitrogen and oxygen atoms in total. The Hall–Kier alpha value is -3.71. The van der Waals surface area contributed by atoms with Crippen LogP contribution in [-0.4, -0.2) is 71.9 Å². The van der Waals surface area contributed by atoms with Gasteiger partial charge in [-0.1, -0.05) is 30.3 Å². The average molecular weight is 507 g/mol. The Bertz CT molecular complexity index is 934. The number of benzene rings is 2. The number of ether oxygens (including phenoxy) is 2. The van der Waals surface area contributed by atoms with Crippen molar-refractivity contribution >= 4 is 17.8 Å². The third kappa shape index (κ3) is 11.1. The number of carbonyl (C=O) groups excluding carboxylic acids is 2. The summed E-state index contributed by atoms with van der Waals surface area (Å²) in [4.78, 5) is 43.8. The van der Waals surface area contributed by atoms with Crippen LogP contribution in [0.4, 0.5) is 0 Å². The van der Waals surface area contributed by atoms with Gasteiger partial charge in [0, 0.05) is 12.8 Å². The number of nitrogens with one attached hydrogen (secondary N) is 2. The zero-order chi connectivity index (χ0) is 26.2. The lowest BCUT2D eigenvalue weighted by atomic mass is 10.0. The average Bonchev–Trinajstić information content (AvgIpc) is 2.87. The van der Waals surface area contributed by atoms with Gasteiger partial charge in [-0.05, 0) is 29.8 Å². The van der Waals surface area contributed by atoms with Crippen LogP contribution in [0.3, 0.4) is 0 Å². The fourth-order valence-electron chi connectivity index (χ4n) is 3.09. The van der Waals surface area contributed by atoms with Crippen molar-refractivity contribution in [3.05, 3.63) is 60.2 Å². The predicted octanol–water partition coefficient (Wildman–Crippen LogP) is 1.50. The summed E-state index contributed by atoms with van der Waals surface area (Å²) in [5.74, 6) is -1.07. The molecule has 2 aromatic rings. The van der Waals surface area contributed by atoms with Crippen LogP contribution in [0.5, 0.6) is 11.5 Å². The van der Waals surface area contributed by atoms with Gasteiger partial charge >= 0.3 is 5.97 Å². The van der Waals surface area contributed by atoms with E-state index in [4.69, 9.17) is 25.1 Å². The molecule has 5 N–H and O–H groups in total. The standard InChI is InChI=1S/C24H30N2O10/c27-22(10-11-23(28)29)26-21(24(30)25-12-13-33-18-4-2-1-3-5-18)14-17-6-8-19(9-7-17)36-20(15-34-31)16-35-32/h1-9,20-21,31-32H,10-16H2,(H,25,30)(H,26,27)(H,28,29). The summed E-state index contributed by atoms with van der Waals surface area (Å²) in [6.45, 7) is -0.0528. The summed E-state index contributed by atoms with van der Waals surface area (Å²) >= 11 is 0. The first-order valence-corrected chi connectivity index (χ1v) is 11.2. The van der Waals surface area contributed by atoms with Crippen LogP contribution < -0.4 is 20.1 Å². The number of amides is 2. The quantitative estimate of drug-likeness (QED) is 0.120. The molecular formula is C24H30N2O10. The van der Waals surface area contributed by atoms with Crippen LogP contribution in [-0.2, 0) is 30.6 Å². The molecule has 12 heteroatoms. The maximum Gasteiger partial charge on any atom is 0.303 e. The normalized spacial score (nSPS) is 11.5. The highest BCUT2D eigenvalue weighted by Crippen LogP contribution is 2.16. The molecule has 0 fully saturated rings. The number of carboxylic acids is 1. The second-order valence-electron chi connectivity index (χ2n) is 7.65. The Labute approximate surface area is 207 Å². The Morgan fingerprint density at radius 1 is 0.861 bits per heavy atom. The molecular weight excluding hydrogens is 476 g/mol. The van der Waals surface area contributed by atoms with Gasteiger partial charge in [0.1, 0.15) is 37.4 Å². The zero-order valence-electron chi connectivity index (χ0n) is 19.5. The lowest BCUT2D eigenvalue weighted by Crippen LogP contribution is -2.48. The van der Waals surface area contributed by atoms with E-state index in [1.807, 2.05) is 18.2 Å². The minimum atomic E-state index is -1.11. The van der Waals surface area contributed by atoms with Gasteiger partial charge in [-0.3, -0.25) is 24.9 Å². The number of hydrogen-bond acceptors (Lipinski definition) is 9. The van der Waals surface area contributed by atoms with E-state index in [9.17, 15) is 14.4 Å². The second-order valence-corrected chi connectivity index (χ2v) is 7.65. The van der Waals surface area contributed by atoms with Gasteiger partial charge in [0.25, 0.3) is 0 Å². The highest BCUT2D eigenvalue weighted by molar-refractivity contribution is 5.88. The molecule has 0 aliphatic carbocycles. The van der Waals surface area contributed by atoms with Crippen LogP contribution in [0.1, 0.15) is 18.4 Å². The minimum Gasteiger partial charge on any atom is -0.492 e. The number of para-hydroxylation sites is 1. The molecule has 1 atom stereocenters. The molecule has 0 saturated heterocycles. The lowest BCUT2D eigenvalue weighted by molar-refractivity contribution is -0.286. The lowest BCUT2D eigenvalue weighted by Gasteiger charge is -2.19. The van der Waals surface area contributed by atoms with Gasteiger partial charge in [0.05, 0.1) is 13.0 Å². The van der Waals surface area contributed by atoms with Gasteiger partial charge in [0.15, 0.2) is 6.10 Å². The number of carbonyl (C=O) groups is 3.